The van der Waals surface area contributed by atoms with Gasteiger partial charge in [0.1, 0.15) is 11.4 Å². The van der Waals surface area contributed by atoms with Crippen LogP contribution in [0.5, 0.6) is 5.75 Å². The van der Waals surface area contributed by atoms with Crippen molar-refractivity contribution in [2.24, 2.45) is 0 Å². The molecule has 0 spiro atoms. The summed E-state index contributed by atoms with van der Waals surface area (Å²) in [5.74, 6) is 0.769. The maximum absolute atomic E-state index is 11.0. The van der Waals surface area contributed by atoms with Crippen LogP contribution in [0, 0.1) is 0 Å². The molecule has 0 bridgehead atoms. The fourth-order valence-electron chi connectivity index (χ4n) is 4.08. The largest absolute Gasteiger partial charge is 0.484 e. The Bertz CT molecular complexity index is 1060. The van der Waals surface area contributed by atoms with E-state index < -0.39 is 11.8 Å². The van der Waals surface area contributed by atoms with Gasteiger partial charge in [0.05, 0.1) is 43.0 Å². The lowest BCUT2D eigenvalue weighted by Crippen LogP contribution is -2.36. The predicted octanol–water partition coefficient (Wildman–Crippen LogP) is 1.35. The minimum Gasteiger partial charge on any atom is -0.484 e. The van der Waals surface area contributed by atoms with Gasteiger partial charge in [-0.3, -0.25) is 0 Å². The van der Waals surface area contributed by atoms with Gasteiger partial charge in [-0.05, 0) is 19.1 Å². The van der Waals surface area contributed by atoms with E-state index in [1.165, 1.54) is 0 Å². The smallest absolute Gasteiger partial charge is 0.162 e. The molecule has 2 aliphatic rings. The van der Waals surface area contributed by atoms with E-state index in [-0.39, 0.29) is 6.61 Å². The highest BCUT2D eigenvalue weighted by Crippen LogP contribution is 2.42. The molecule has 4 heterocycles. The second-order valence-corrected chi connectivity index (χ2v) is 8.00. The number of aromatic nitrogens is 3. The van der Waals surface area contributed by atoms with Crippen LogP contribution in [-0.2, 0) is 11.2 Å². The molecule has 0 amide bonds. The fourth-order valence-corrected chi connectivity index (χ4v) is 4.08. The number of benzene rings is 1. The minimum atomic E-state index is -0.984. The van der Waals surface area contributed by atoms with Gasteiger partial charge in [-0.2, -0.15) is 5.10 Å². The van der Waals surface area contributed by atoms with Crippen molar-refractivity contribution in [2.75, 3.05) is 43.1 Å². The molecule has 30 heavy (non-hydrogen) atoms. The van der Waals surface area contributed by atoms with Crippen LogP contribution in [0.4, 0.5) is 11.4 Å². The number of aliphatic hydroxyl groups is 2. The fraction of sp³-hybridized carbons (Fsp3) is 0.429. The summed E-state index contributed by atoms with van der Waals surface area (Å²) in [6, 6.07) is 5.78. The number of rotatable bonds is 5. The lowest BCUT2D eigenvalue weighted by molar-refractivity contribution is 0.0446. The van der Waals surface area contributed by atoms with Crippen LogP contribution >= 0.6 is 0 Å². The number of nitrogens with one attached hydrogen (secondary N) is 1. The molecule has 9 nitrogen and oxygen atoms in total. The van der Waals surface area contributed by atoms with Crippen LogP contribution in [0.1, 0.15) is 24.3 Å². The quantitative estimate of drug-likeness (QED) is 0.541. The molecular formula is C21H25N5O4. The normalized spacial score (nSPS) is 22.0. The Balaban J connectivity index is 1.51. The van der Waals surface area contributed by atoms with E-state index >= 15 is 0 Å². The third kappa shape index (κ3) is 3.34. The van der Waals surface area contributed by atoms with E-state index in [1.54, 1.807) is 29.2 Å². The van der Waals surface area contributed by atoms with E-state index in [2.05, 4.69) is 20.3 Å². The molecule has 1 aromatic carbocycles. The summed E-state index contributed by atoms with van der Waals surface area (Å²) in [6.07, 6.45) is 4.70. The van der Waals surface area contributed by atoms with Crippen molar-refractivity contribution in [1.82, 2.24) is 14.6 Å². The van der Waals surface area contributed by atoms with Gasteiger partial charge in [-0.1, -0.05) is 0 Å². The summed E-state index contributed by atoms with van der Waals surface area (Å²) < 4.78 is 13.2. The molecule has 2 atom stereocenters. The van der Waals surface area contributed by atoms with E-state index in [4.69, 9.17) is 9.47 Å². The molecule has 2 aliphatic heterocycles. The van der Waals surface area contributed by atoms with Gasteiger partial charge in [0.2, 0.25) is 0 Å². The van der Waals surface area contributed by atoms with Gasteiger partial charge in [-0.25, -0.2) is 9.50 Å². The van der Waals surface area contributed by atoms with Crippen molar-refractivity contribution in [1.29, 1.82) is 0 Å². The Morgan fingerprint density at radius 3 is 2.93 bits per heavy atom. The van der Waals surface area contributed by atoms with Gasteiger partial charge < -0.3 is 29.9 Å². The first-order valence-corrected chi connectivity index (χ1v) is 10.1. The van der Waals surface area contributed by atoms with Crippen LogP contribution in [-0.4, -0.2) is 63.3 Å². The molecule has 1 fully saturated rings. The van der Waals surface area contributed by atoms with Gasteiger partial charge in [0.15, 0.2) is 11.9 Å². The van der Waals surface area contributed by atoms with Crippen molar-refractivity contribution in [3.63, 3.8) is 0 Å². The lowest BCUT2D eigenvalue weighted by atomic mass is 9.99. The predicted molar refractivity (Wildman–Crippen MR) is 111 cm³/mol. The Morgan fingerprint density at radius 1 is 1.30 bits per heavy atom. The molecule has 0 aliphatic carbocycles. The topological polar surface area (TPSA) is 104 Å². The summed E-state index contributed by atoms with van der Waals surface area (Å²) in [4.78, 5) is 6.54. The molecule has 0 radical (unpaired) electrons. The highest BCUT2D eigenvalue weighted by Gasteiger charge is 2.35. The third-order valence-corrected chi connectivity index (χ3v) is 5.68. The molecule has 3 N–H and O–H groups in total. The maximum atomic E-state index is 11.0. The average Bonchev–Trinajstić information content (AvgIpc) is 3.34. The summed E-state index contributed by atoms with van der Waals surface area (Å²) in [6.45, 7) is 4.62. The Morgan fingerprint density at radius 2 is 2.13 bits per heavy atom. The van der Waals surface area contributed by atoms with E-state index in [0.29, 0.717) is 30.8 Å². The van der Waals surface area contributed by atoms with Crippen LogP contribution in [0.3, 0.4) is 0 Å². The van der Waals surface area contributed by atoms with Crippen LogP contribution in [0.15, 0.2) is 36.8 Å². The molecule has 0 saturated carbocycles. The molecule has 5 rings (SSSR count). The molecule has 1 saturated heterocycles. The third-order valence-electron chi connectivity index (χ3n) is 5.68. The molecule has 2 unspecified atom stereocenters. The van der Waals surface area contributed by atoms with Crippen molar-refractivity contribution >= 4 is 17.0 Å². The maximum Gasteiger partial charge on any atom is 0.162 e. The summed E-state index contributed by atoms with van der Waals surface area (Å²) in [7, 11) is 0. The molecule has 3 aromatic rings. The summed E-state index contributed by atoms with van der Waals surface area (Å²) in [5, 5.41) is 28.2. The number of hydrogen-bond acceptors (Lipinski definition) is 8. The van der Waals surface area contributed by atoms with Crippen LogP contribution in [0.2, 0.25) is 0 Å². The van der Waals surface area contributed by atoms with E-state index in [9.17, 15) is 10.2 Å². The van der Waals surface area contributed by atoms with Gasteiger partial charge in [-0.15, -0.1) is 0 Å². The van der Waals surface area contributed by atoms with Gasteiger partial charge in [0, 0.05) is 43.5 Å². The van der Waals surface area contributed by atoms with Crippen molar-refractivity contribution < 1.29 is 19.7 Å². The number of hydrogen-bond donors (Lipinski definition) is 3. The standard InChI is InChI=1S/C21H25N5O4/c1-21(13-27)11-14-9-16(17(10-18(14)30-21)25-5-7-29-8-6-25)24-20(28)15-12-23-26-4-2-3-22-19(15)26/h2-4,9-10,12,20,24,27-28H,5-8,11,13H2,1H3. The van der Waals surface area contributed by atoms with Crippen molar-refractivity contribution in [3.05, 3.63) is 47.9 Å². The van der Waals surface area contributed by atoms with Crippen molar-refractivity contribution in [3.8, 4) is 5.75 Å². The number of fused-ring (bicyclic) bond motifs is 2. The minimum absolute atomic E-state index is 0.0615. The second kappa shape index (κ2) is 7.42. The Hall–Kier alpha value is -2.88. The first-order chi connectivity index (χ1) is 14.6. The van der Waals surface area contributed by atoms with Crippen LogP contribution < -0.4 is 15.0 Å². The first kappa shape index (κ1) is 19.1. The number of morpholine rings is 1. The number of anilines is 2. The van der Waals surface area contributed by atoms with E-state index in [0.717, 1.165) is 35.8 Å². The monoisotopic (exact) mass is 411 g/mol. The summed E-state index contributed by atoms with van der Waals surface area (Å²) >= 11 is 0. The summed E-state index contributed by atoms with van der Waals surface area (Å²) in [5.41, 5.74) is 3.29. The number of ether oxygens (including phenoxy) is 2. The number of nitrogens with zero attached hydrogens (tertiary/aromatic N) is 4. The Labute approximate surface area is 173 Å². The van der Waals surface area contributed by atoms with Crippen molar-refractivity contribution in [2.45, 2.75) is 25.2 Å². The van der Waals surface area contributed by atoms with E-state index in [1.807, 2.05) is 19.1 Å². The second-order valence-electron chi connectivity index (χ2n) is 8.00. The zero-order valence-electron chi connectivity index (χ0n) is 16.8. The molecule has 158 valence electrons. The zero-order valence-corrected chi connectivity index (χ0v) is 16.8. The van der Waals surface area contributed by atoms with Gasteiger partial charge in [0.25, 0.3) is 0 Å². The SMILES string of the molecule is CC1(CO)Cc2cc(NC(O)c3cnn4cccnc34)c(N3CCOCC3)cc2O1. The first-order valence-electron chi connectivity index (χ1n) is 10.1. The Kier molecular flexibility index (Phi) is 4.73. The molecule has 9 heteroatoms. The number of aliphatic hydroxyl groups excluding tert-OH is 2. The highest BCUT2D eigenvalue weighted by molar-refractivity contribution is 5.75. The molecular weight excluding hydrogens is 386 g/mol. The van der Waals surface area contributed by atoms with Crippen LogP contribution in [0.25, 0.3) is 5.65 Å². The zero-order chi connectivity index (χ0) is 20.7. The lowest BCUT2D eigenvalue weighted by Gasteiger charge is -2.31. The average molecular weight is 411 g/mol. The van der Waals surface area contributed by atoms with Gasteiger partial charge >= 0.3 is 0 Å². The highest BCUT2D eigenvalue weighted by atomic mass is 16.5. The molecule has 2 aromatic heterocycles.